The number of hydrogen-bond donors (Lipinski definition) is 1. The molecule has 0 fully saturated rings. The third-order valence-electron chi connectivity index (χ3n) is 3.46. The van der Waals surface area contributed by atoms with Crippen LogP contribution < -0.4 is 10.1 Å². The molecule has 0 radical (unpaired) electrons. The van der Waals surface area contributed by atoms with Gasteiger partial charge in [-0.05, 0) is 30.2 Å². The average molecular weight is 291 g/mol. The average Bonchev–Trinajstić information content (AvgIpc) is 2.53. The Morgan fingerprint density at radius 1 is 0.952 bits per heavy atom. The van der Waals surface area contributed by atoms with E-state index in [4.69, 9.17) is 4.74 Å². The van der Waals surface area contributed by atoms with Crippen LogP contribution in [0.1, 0.15) is 36.1 Å². The Bertz CT molecular complexity index is 552. The summed E-state index contributed by atoms with van der Waals surface area (Å²) < 4.78 is 30.1. The molecule has 0 saturated carbocycles. The maximum atomic E-state index is 12.5. The van der Waals surface area contributed by atoms with E-state index in [2.05, 4.69) is 12.2 Å². The fraction of sp³-hybridized carbons (Fsp3) is 0.294. The smallest absolute Gasteiger partial charge is 0.263 e. The van der Waals surface area contributed by atoms with Gasteiger partial charge >= 0.3 is 0 Å². The van der Waals surface area contributed by atoms with Crippen molar-refractivity contribution < 1.29 is 13.5 Å². The maximum Gasteiger partial charge on any atom is 0.263 e. The summed E-state index contributed by atoms with van der Waals surface area (Å²) in [6.45, 7) is 2.70. The van der Waals surface area contributed by atoms with Gasteiger partial charge in [0, 0.05) is 18.2 Å². The van der Waals surface area contributed by atoms with Gasteiger partial charge in [-0.3, -0.25) is 0 Å². The van der Waals surface area contributed by atoms with E-state index in [-0.39, 0.29) is 11.6 Å². The van der Waals surface area contributed by atoms with Gasteiger partial charge in [-0.15, -0.1) is 0 Å². The molecule has 0 bridgehead atoms. The van der Waals surface area contributed by atoms with Crippen molar-refractivity contribution in [1.29, 1.82) is 0 Å². The van der Waals surface area contributed by atoms with Gasteiger partial charge in [0.05, 0.1) is 7.11 Å². The van der Waals surface area contributed by atoms with Crippen LogP contribution >= 0.6 is 0 Å². The highest BCUT2D eigenvalue weighted by Crippen LogP contribution is 2.20. The zero-order valence-corrected chi connectivity index (χ0v) is 12.1. The Labute approximate surface area is 123 Å². The van der Waals surface area contributed by atoms with Crippen LogP contribution in [0.25, 0.3) is 0 Å². The number of methoxy groups -OCH3 is 1. The van der Waals surface area contributed by atoms with Crippen LogP contribution in [0.5, 0.6) is 5.75 Å². The van der Waals surface area contributed by atoms with Gasteiger partial charge in [0.25, 0.3) is 6.43 Å². The van der Waals surface area contributed by atoms with Crippen molar-refractivity contribution in [3.63, 3.8) is 0 Å². The molecule has 2 rings (SSSR count). The SMILES string of the molecule is COc1ccc(C(C)NCc2ccc(C(F)F)cc2)cc1. The van der Waals surface area contributed by atoms with Gasteiger partial charge in [0.1, 0.15) is 5.75 Å². The van der Waals surface area contributed by atoms with E-state index in [1.54, 1.807) is 19.2 Å². The van der Waals surface area contributed by atoms with E-state index in [9.17, 15) is 8.78 Å². The summed E-state index contributed by atoms with van der Waals surface area (Å²) in [6.07, 6.45) is -2.41. The van der Waals surface area contributed by atoms with E-state index < -0.39 is 6.43 Å². The largest absolute Gasteiger partial charge is 0.497 e. The molecule has 2 aromatic rings. The topological polar surface area (TPSA) is 21.3 Å². The second kappa shape index (κ2) is 7.18. The number of halogens is 2. The number of ether oxygens (including phenoxy) is 1. The molecule has 0 aliphatic carbocycles. The quantitative estimate of drug-likeness (QED) is 0.847. The van der Waals surface area contributed by atoms with Crippen molar-refractivity contribution in [2.24, 2.45) is 0 Å². The highest BCUT2D eigenvalue weighted by atomic mass is 19.3. The minimum absolute atomic E-state index is 0.0574. The van der Waals surface area contributed by atoms with Gasteiger partial charge < -0.3 is 10.1 Å². The minimum atomic E-state index is -2.41. The molecule has 0 heterocycles. The standard InChI is InChI=1S/C17H19F2NO/c1-12(14-7-9-16(21-2)10-8-14)20-11-13-3-5-15(6-4-13)17(18)19/h3-10,12,17,20H,11H2,1-2H3. The Kier molecular flexibility index (Phi) is 5.28. The van der Waals surface area contributed by atoms with E-state index in [0.29, 0.717) is 6.54 Å². The number of hydrogen-bond acceptors (Lipinski definition) is 2. The Morgan fingerprint density at radius 2 is 1.52 bits per heavy atom. The summed E-state index contributed by atoms with van der Waals surface area (Å²) in [4.78, 5) is 0. The molecular formula is C17H19F2NO. The predicted molar refractivity (Wildman–Crippen MR) is 79.6 cm³/mol. The molecular weight excluding hydrogens is 272 g/mol. The third kappa shape index (κ3) is 4.26. The second-order valence-electron chi connectivity index (χ2n) is 4.92. The van der Waals surface area contributed by atoms with Crippen LogP contribution in [-0.2, 0) is 6.54 Å². The van der Waals surface area contributed by atoms with Crippen molar-refractivity contribution >= 4 is 0 Å². The molecule has 112 valence electrons. The molecule has 21 heavy (non-hydrogen) atoms. The van der Waals surface area contributed by atoms with Crippen molar-refractivity contribution in [2.75, 3.05) is 7.11 Å². The first kappa shape index (κ1) is 15.4. The summed E-state index contributed by atoms with van der Waals surface area (Å²) >= 11 is 0. The van der Waals surface area contributed by atoms with Crippen molar-refractivity contribution in [3.8, 4) is 5.75 Å². The Morgan fingerprint density at radius 3 is 2.05 bits per heavy atom. The molecule has 0 aliphatic heterocycles. The summed E-state index contributed by atoms with van der Waals surface area (Å²) in [5, 5.41) is 3.37. The van der Waals surface area contributed by atoms with Gasteiger partial charge in [-0.2, -0.15) is 0 Å². The number of nitrogens with one attached hydrogen (secondary N) is 1. The van der Waals surface area contributed by atoms with Crippen molar-refractivity contribution in [3.05, 3.63) is 65.2 Å². The summed E-state index contributed by atoms with van der Waals surface area (Å²) in [5.74, 6) is 0.827. The number of alkyl halides is 2. The highest BCUT2D eigenvalue weighted by molar-refractivity contribution is 5.29. The predicted octanol–water partition coefficient (Wildman–Crippen LogP) is 4.48. The minimum Gasteiger partial charge on any atom is -0.497 e. The molecule has 1 atom stereocenters. The van der Waals surface area contributed by atoms with Crippen LogP contribution in [0.2, 0.25) is 0 Å². The molecule has 0 spiro atoms. The molecule has 0 aliphatic rings. The summed E-state index contributed by atoms with van der Waals surface area (Å²) in [6, 6.07) is 14.4. The Hall–Kier alpha value is -1.94. The first-order chi connectivity index (χ1) is 10.1. The van der Waals surface area contributed by atoms with E-state index in [1.165, 1.54) is 12.1 Å². The van der Waals surface area contributed by atoms with Crippen molar-refractivity contribution in [1.82, 2.24) is 5.32 Å². The van der Waals surface area contributed by atoms with Crippen LogP contribution in [0.3, 0.4) is 0 Å². The molecule has 1 N–H and O–H groups in total. The first-order valence-electron chi connectivity index (χ1n) is 6.84. The fourth-order valence-electron chi connectivity index (χ4n) is 2.06. The van der Waals surface area contributed by atoms with Crippen LogP contribution in [0, 0.1) is 0 Å². The van der Waals surface area contributed by atoms with Crippen LogP contribution in [0.15, 0.2) is 48.5 Å². The molecule has 0 saturated heterocycles. The lowest BCUT2D eigenvalue weighted by Crippen LogP contribution is -2.18. The molecule has 4 heteroatoms. The van der Waals surface area contributed by atoms with E-state index in [1.807, 2.05) is 24.3 Å². The Balaban J connectivity index is 1.92. The molecule has 1 unspecified atom stereocenters. The van der Waals surface area contributed by atoms with E-state index >= 15 is 0 Å². The highest BCUT2D eigenvalue weighted by Gasteiger charge is 2.07. The van der Waals surface area contributed by atoms with Crippen LogP contribution in [0.4, 0.5) is 8.78 Å². The monoisotopic (exact) mass is 291 g/mol. The van der Waals surface area contributed by atoms with Crippen molar-refractivity contribution in [2.45, 2.75) is 25.9 Å². The fourth-order valence-corrected chi connectivity index (χ4v) is 2.06. The molecule has 2 nitrogen and oxygen atoms in total. The van der Waals surface area contributed by atoms with Gasteiger partial charge in [0.15, 0.2) is 0 Å². The first-order valence-corrected chi connectivity index (χ1v) is 6.84. The summed E-state index contributed by atoms with van der Waals surface area (Å²) in [7, 11) is 1.64. The maximum absolute atomic E-state index is 12.5. The third-order valence-corrected chi connectivity index (χ3v) is 3.46. The lowest BCUT2D eigenvalue weighted by molar-refractivity contribution is 0.151. The molecule has 2 aromatic carbocycles. The zero-order chi connectivity index (χ0) is 15.2. The normalized spacial score (nSPS) is 12.4. The number of benzene rings is 2. The van der Waals surface area contributed by atoms with E-state index in [0.717, 1.165) is 16.9 Å². The van der Waals surface area contributed by atoms with Gasteiger partial charge in [0.2, 0.25) is 0 Å². The molecule has 0 amide bonds. The zero-order valence-electron chi connectivity index (χ0n) is 12.1. The lowest BCUT2D eigenvalue weighted by Gasteiger charge is -2.15. The second-order valence-corrected chi connectivity index (χ2v) is 4.92. The van der Waals surface area contributed by atoms with Crippen LogP contribution in [-0.4, -0.2) is 7.11 Å². The summed E-state index contributed by atoms with van der Waals surface area (Å²) in [5.41, 5.74) is 2.20. The lowest BCUT2D eigenvalue weighted by atomic mass is 10.1. The van der Waals surface area contributed by atoms with Gasteiger partial charge in [-0.25, -0.2) is 8.78 Å². The van der Waals surface area contributed by atoms with Gasteiger partial charge in [-0.1, -0.05) is 36.4 Å². The number of rotatable bonds is 6. The molecule has 0 aromatic heterocycles.